The van der Waals surface area contributed by atoms with E-state index in [-0.39, 0.29) is 5.78 Å². The number of imidazole rings is 1. The van der Waals surface area contributed by atoms with E-state index in [0.717, 1.165) is 32.7 Å². The predicted molar refractivity (Wildman–Crippen MR) is 99.1 cm³/mol. The van der Waals surface area contributed by atoms with Crippen LogP contribution in [-0.4, -0.2) is 26.1 Å². The number of hydrogen-bond donors (Lipinski definition) is 1. The van der Waals surface area contributed by atoms with Crippen LogP contribution in [0.4, 0.5) is 0 Å². The summed E-state index contributed by atoms with van der Waals surface area (Å²) >= 11 is 7.46. The third-order valence-electron chi connectivity index (χ3n) is 4.02. The second-order valence-electron chi connectivity index (χ2n) is 5.55. The van der Waals surface area contributed by atoms with Crippen LogP contribution in [0.3, 0.4) is 0 Å². The number of aryl methyl sites for hydroxylation is 1. The number of thioether (sulfide) groups is 1. The van der Waals surface area contributed by atoms with Gasteiger partial charge in [-0.3, -0.25) is 4.79 Å². The molecule has 4 rings (SSSR count). The third-order valence-corrected chi connectivity index (χ3v) is 5.29. The van der Waals surface area contributed by atoms with Crippen molar-refractivity contribution in [2.24, 2.45) is 7.05 Å². The highest BCUT2D eigenvalue weighted by Gasteiger charge is 2.15. The molecule has 0 saturated heterocycles. The van der Waals surface area contributed by atoms with E-state index >= 15 is 0 Å². The molecule has 0 unspecified atom stereocenters. The molecule has 0 aliphatic rings. The maximum atomic E-state index is 12.6. The first-order chi connectivity index (χ1) is 11.6. The van der Waals surface area contributed by atoms with Gasteiger partial charge in [-0.05, 0) is 24.3 Å². The first-order valence-corrected chi connectivity index (χ1v) is 8.84. The molecule has 0 bridgehead atoms. The molecule has 4 aromatic rings. The van der Waals surface area contributed by atoms with Gasteiger partial charge in [-0.2, -0.15) is 0 Å². The van der Waals surface area contributed by atoms with Gasteiger partial charge >= 0.3 is 0 Å². The highest BCUT2D eigenvalue weighted by molar-refractivity contribution is 7.99. The summed E-state index contributed by atoms with van der Waals surface area (Å²) in [5.74, 6) is 0.426. The van der Waals surface area contributed by atoms with Gasteiger partial charge in [-0.25, -0.2) is 4.98 Å². The number of H-pyrrole nitrogens is 1. The van der Waals surface area contributed by atoms with Crippen LogP contribution in [0.5, 0.6) is 0 Å². The lowest BCUT2D eigenvalue weighted by atomic mass is 10.1. The second-order valence-corrected chi connectivity index (χ2v) is 6.93. The molecule has 6 heteroatoms. The van der Waals surface area contributed by atoms with Crippen molar-refractivity contribution >= 4 is 51.1 Å². The maximum absolute atomic E-state index is 12.6. The van der Waals surface area contributed by atoms with E-state index in [9.17, 15) is 4.79 Å². The number of carbonyl (C=O) groups is 1. The van der Waals surface area contributed by atoms with E-state index in [1.54, 1.807) is 6.20 Å². The number of ketones is 1. The fraction of sp³-hybridized carbons (Fsp3) is 0.111. The van der Waals surface area contributed by atoms with Gasteiger partial charge < -0.3 is 9.55 Å². The van der Waals surface area contributed by atoms with E-state index in [1.165, 1.54) is 11.8 Å². The average molecular weight is 356 g/mol. The number of aromatic nitrogens is 3. The van der Waals surface area contributed by atoms with Crippen LogP contribution in [0.15, 0.2) is 53.8 Å². The first kappa shape index (κ1) is 15.3. The number of carbonyl (C=O) groups excluding carboxylic acids is 1. The van der Waals surface area contributed by atoms with Gasteiger partial charge in [0.05, 0.1) is 16.8 Å². The molecule has 4 nitrogen and oxygen atoms in total. The van der Waals surface area contributed by atoms with Crippen LogP contribution >= 0.6 is 23.4 Å². The van der Waals surface area contributed by atoms with E-state index in [4.69, 9.17) is 11.6 Å². The molecule has 0 aliphatic carbocycles. The molecule has 0 saturated carbocycles. The molecule has 0 amide bonds. The molecule has 1 N–H and O–H groups in total. The lowest BCUT2D eigenvalue weighted by molar-refractivity contribution is 0.102. The summed E-state index contributed by atoms with van der Waals surface area (Å²) in [5.41, 5.74) is 3.54. The molecule has 0 aliphatic heterocycles. The number of halogens is 1. The van der Waals surface area contributed by atoms with Crippen molar-refractivity contribution in [1.82, 2.24) is 14.5 Å². The molecule has 2 aromatic carbocycles. The van der Waals surface area contributed by atoms with Crippen molar-refractivity contribution in [3.8, 4) is 0 Å². The quantitative estimate of drug-likeness (QED) is 0.427. The van der Waals surface area contributed by atoms with Crippen LogP contribution in [0.2, 0.25) is 5.02 Å². The zero-order valence-corrected chi connectivity index (χ0v) is 14.5. The van der Waals surface area contributed by atoms with Crippen LogP contribution < -0.4 is 0 Å². The SMILES string of the molecule is Cn1c(SCC(=O)c2c[nH]c3ccccc23)nc2cc(Cl)ccc21. The Kier molecular flexibility index (Phi) is 3.82. The summed E-state index contributed by atoms with van der Waals surface area (Å²) in [4.78, 5) is 20.3. The highest BCUT2D eigenvalue weighted by atomic mass is 35.5. The number of Topliss-reactive ketones (excluding diaryl/α,β-unsaturated/α-hetero) is 1. The van der Waals surface area contributed by atoms with Gasteiger partial charge in [0.2, 0.25) is 0 Å². The van der Waals surface area contributed by atoms with E-state index in [0.29, 0.717) is 10.8 Å². The molecule has 2 aromatic heterocycles. The Morgan fingerprint density at radius 3 is 3.00 bits per heavy atom. The minimum atomic E-state index is 0.0857. The van der Waals surface area contributed by atoms with E-state index in [2.05, 4.69) is 9.97 Å². The number of rotatable bonds is 4. The van der Waals surface area contributed by atoms with E-state index in [1.807, 2.05) is 54.1 Å². The normalized spacial score (nSPS) is 11.4. The predicted octanol–water partition coefficient (Wildman–Crippen LogP) is 4.68. The van der Waals surface area contributed by atoms with Gasteiger partial charge in [0.15, 0.2) is 10.9 Å². The Morgan fingerprint density at radius 1 is 1.29 bits per heavy atom. The summed E-state index contributed by atoms with van der Waals surface area (Å²) < 4.78 is 1.98. The largest absolute Gasteiger partial charge is 0.360 e. The smallest absolute Gasteiger partial charge is 0.175 e. The summed E-state index contributed by atoms with van der Waals surface area (Å²) in [5, 5.41) is 2.42. The van der Waals surface area contributed by atoms with Gasteiger partial charge in [-0.15, -0.1) is 0 Å². The topological polar surface area (TPSA) is 50.7 Å². The van der Waals surface area contributed by atoms with Gasteiger partial charge in [0.1, 0.15) is 0 Å². The maximum Gasteiger partial charge on any atom is 0.175 e. The zero-order chi connectivity index (χ0) is 16.7. The third kappa shape index (κ3) is 2.60. The zero-order valence-electron chi connectivity index (χ0n) is 12.9. The Labute approximate surface area is 147 Å². The van der Waals surface area contributed by atoms with Gasteiger partial charge in [0, 0.05) is 34.7 Å². The lowest BCUT2D eigenvalue weighted by Crippen LogP contribution is -2.03. The Morgan fingerprint density at radius 2 is 2.12 bits per heavy atom. The number of nitrogens with one attached hydrogen (secondary N) is 1. The van der Waals surface area contributed by atoms with Crippen LogP contribution in [-0.2, 0) is 7.05 Å². The minimum Gasteiger partial charge on any atom is -0.360 e. The van der Waals surface area contributed by atoms with Gasteiger partial charge in [-0.1, -0.05) is 41.6 Å². The summed E-state index contributed by atoms with van der Waals surface area (Å²) in [7, 11) is 1.95. The average Bonchev–Trinajstić information content (AvgIpc) is 3.14. The first-order valence-electron chi connectivity index (χ1n) is 7.47. The summed E-state index contributed by atoms with van der Waals surface area (Å²) in [6, 6.07) is 13.4. The summed E-state index contributed by atoms with van der Waals surface area (Å²) in [6.45, 7) is 0. The number of hydrogen-bond acceptors (Lipinski definition) is 3. The molecule has 2 heterocycles. The van der Waals surface area contributed by atoms with Crippen molar-refractivity contribution in [3.05, 3.63) is 59.2 Å². The van der Waals surface area contributed by atoms with Crippen molar-refractivity contribution in [3.63, 3.8) is 0 Å². The van der Waals surface area contributed by atoms with Crippen molar-refractivity contribution in [2.75, 3.05) is 5.75 Å². The highest BCUT2D eigenvalue weighted by Crippen LogP contribution is 2.26. The standard InChI is InChI=1S/C18H14ClN3OS/c1-22-16-7-6-11(19)8-15(16)21-18(22)24-10-17(23)13-9-20-14-5-3-2-4-12(13)14/h2-9,20H,10H2,1H3. The van der Waals surface area contributed by atoms with Crippen molar-refractivity contribution in [1.29, 1.82) is 0 Å². The Hall–Kier alpha value is -2.24. The molecule has 0 fully saturated rings. The molecule has 0 atom stereocenters. The fourth-order valence-electron chi connectivity index (χ4n) is 2.79. The van der Waals surface area contributed by atoms with Crippen molar-refractivity contribution in [2.45, 2.75) is 5.16 Å². The monoisotopic (exact) mass is 355 g/mol. The van der Waals surface area contributed by atoms with Crippen molar-refractivity contribution < 1.29 is 4.79 Å². The molecule has 0 spiro atoms. The molecular weight excluding hydrogens is 342 g/mol. The fourth-order valence-corrected chi connectivity index (χ4v) is 3.83. The molecule has 24 heavy (non-hydrogen) atoms. The van der Waals surface area contributed by atoms with Crippen LogP contribution in [0.25, 0.3) is 21.9 Å². The number of fused-ring (bicyclic) bond motifs is 2. The lowest BCUT2D eigenvalue weighted by Gasteiger charge is -2.02. The molecule has 120 valence electrons. The Balaban J connectivity index is 1.58. The number of benzene rings is 2. The second kappa shape index (κ2) is 6.00. The molecule has 0 radical (unpaired) electrons. The van der Waals surface area contributed by atoms with Gasteiger partial charge in [0.25, 0.3) is 0 Å². The number of para-hydroxylation sites is 1. The van der Waals surface area contributed by atoms with Crippen LogP contribution in [0.1, 0.15) is 10.4 Å². The van der Waals surface area contributed by atoms with Crippen LogP contribution in [0, 0.1) is 0 Å². The minimum absolute atomic E-state index is 0.0857. The number of nitrogens with zero attached hydrogens (tertiary/aromatic N) is 2. The summed E-state index contributed by atoms with van der Waals surface area (Å²) in [6.07, 6.45) is 1.78. The Bertz CT molecular complexity index is 1070. The molecular formula is C18H14ClN3OS. The number of aromatic amines is 1. The van der Waals surface area contributed by atoms with E-state index < -0.39 is 0 Å².